The highest BCUT2D eigenvalue weighted by Gasteiger charge is 2.42. The highest BCUT2D eigenvalue weighted by atomic mass is 16.4. The number of nitrogens with zero attached hydrogens (tertiary/aromatic N) is 2. The first-order valence-electron chi connectivity index (χ1n) is 8.47. The summed E-state index contributed by atoms with van der Waals surface area (Å²) in [5.41, 5.74) is 0. The predicted molar refractivity (Wildman–Crippen MR) is 86.2 cm³/mol. The number of nitrogens with one attached hydrogen (secondary N) is 1. The van der Waals surface area contributed by atoms with Crippen LogP contribution in [0.2, 0.25) is 0 Å². The fraction of sp³-hybridized carbons (Fsp3) is 0.875. The molecule has 23 heavy (non-hydrogen) atoms. The largest absolute Gasteiger partial charge is 0.465 e. The van der Waals surface area contributed by atoms with E-state index >= 15 is 0 Å². The lowest BCUT2D eigenvalue weighted by molar-refractivity contribution is -0.133. The van der Waals surface area contributed by atoms with E-state index in [1.165, 1.54) is 0 Å². The Bertz CT molecular complexity index is 443. The number of aliphatic hydroxyl groups excluding tert-OH is 1. The van der Waals surface area contributed by atoms with E-state index in [0.29, 0.717) is 25.0 Å². The molecule has 4 atom stereocenters. The minimum Gasteiger partial charge on any atom is -0.465 e. The molecule has 1 saturated heterocycles. The molecule has 7 nitrogen and oxygen atoms in total. The standard InChI is InChI=1S/C16H29N3O4/c1-10(2)18(3)12-4-5-14(11(8-12)9-20)19-7-6-13(15(19)21)17-16(22)23/h10-14,17,20H,4-9H2,1-3H3,(H,22,23)/t11-,12+,13-,14-/m0/s1. The molecule has 0 unspecified atom stereocenters. The van der Waals surface area contributed by atoms with Crippen LogP contribution in [0.1, 0.15) is 39.5 Å². The van der Waals surface area contributed by atoms with Crippen molar-refractivity contribution in [2.24, 2.45) is 5.92 Å². The Morgan fingerprint density at radius 2 is 2.09 bits per heavy atom. The number of carbonyl (C=O) groups is 2. The summed E-state index contributed by atoms with van der Waals surface area (Å²) in [6, 6.07) is 0.260. The number of rotatable bonds is 5. The Morgan fingerprint density at radius 3 is 2.65 bits per heavy atom. The minimum absolute atomic E-state index is 0.0184. The van der Waals surface area contributed by atoms with Gasteiger partial charge in [-0.15, -0.1) is 0 Å². The summed E-state index contributed by atoms with van der Waals surface area (Å²) in [6.45, 7) is 4.95. The molecule has 2 fully saturated rings. The molecular formula is C16H29N3O4. The molecular weight excluding hydrogens is 298 g/mol. The molecule has 0 aromatic rings. The summed E-state index contributed by atoms with van der Waals surface area (Å²) < 4.78 is 0. The number of aliphatic hydroxyl groups is 1. The van der Waals surface area contributed by atoms with Crippen LogP contribution in [-0.4, -0.2) is 76.4 Å². The van der Waals surface area contributed by atoms with Crippen LogP contribution < -0.4 is 5.32 Å². The van der Waals surface area contributed by atoms with E-state index in [4.69, 9.17) is 5.11 Å². The number of hydrogen-bond donors (Lipinski definition) is 3. The van der Waals surface area contributed by atoms with Crippen LogP contribution in [-0.2, 0) is 4.79 Å². The maximum Gasteiger partial charge on any atom is 0.405 e. The summed E-state index contributed by atoms with van der Waals surface area (Å²) in [5, 5.41) is 20.9. The van der Waals surface area contributed by atoms with Gasteiger partial charge in [0.1, 0.15) is 6.04 Å². The van der Waals surface area contributed by atoms with Gasteiger partial charge in [-0.1, -0.05) is 0 Å². The fourth-order valence-electron chi connectivity index (χ4n) is 3.94. The molecule has 1 heterocycles. The molecule has 1 saturated carbocycles. The maximum absolute atomic E-state index is 12.4. The Morgan fingerprint density at radius 1 is 1.39 bits per heavy atom. The Hall–Kier alpha value is -1.34. The van der Waals surface area contributed by atoms with Crippen molar-refractivity contribution in [2.75, 3.05) is 20.2 Å². The highest BCUT2D eigenvalue weighted by Crippen LogP contribution is 2.33. The molecule has 0 bridgehead atoms. The summed E-state index contributed by atoms with van der Waals surface area (Å²) in [5.74, 6) is -0.0889. The third-order valence-electron chi connectivity index (χ3n) is 5.48. The first kappa shape index (κ1) is 18.0. The first-order chi connectivity index (χ1) is 10.8. The van der Waals surface area contributed by atoms with Crippen molar-refractivity contribution < 1.29 is 19.8 Å². The summed E-state index contributed by atoms with van der Waals surface area (Å²) in [6.07, 6.45) is 2.08. The van der Waals surface area contributed by atoms with Gasteiger partial charge in [0.2, 0.25) is 5.91 Å². The third-order valence-corrected chi connectivity index (χ3v) is 5.48. The monoisotopic (exact) mass is 327 g/mol. The number of likely N-dealkylation sites (tertiary alicyclic amines) is 1. The van der Waals surface area contributed by atoms with Crippen LogP contribution in [0.5, 0.6) is 0 Å². The van der Waals surface area contributed by atoms with Crippen molar-refractivity contribution >= 4 is 12.0 Å². The molecule has 0 spiro atoms. The molecule has 2 aliphatic rings. The molecule has 2 amide bonds. The van der Waals surface area contributed by atoms with E-state index in [1.54, 1.807) is 4.90 Å². The van der Waals surface area contributed by atoms with Crippen molar-refractivity contribution in [3.8, 4) is 0 Å². The van der Waals surface area contributed by atoms with Crippen molar-refractivity contribution in [3.63, 3.8) is 0 Å². The molecule has 132 valence electrons. The van der Waals surface area contributed by atoms with Gasteiger partial charge in [-0.3, -0.25) is 4.79 Å². The average Bonchev–Trinajstić information content (AvgIpc) is 2.86. The zero-order valence-electron chi connectivity index (χ0n) is 14.2. The zero-order chi connectivity index (χ0) is 17.1. The van der Waals surface area contributed by atoms with E-state index in [0.717, 1.165) is 19.3 Å². The van der Waals surface area contributed by atoms with Gasteiger partial charge in [0.05, 0.1) is 0 Å². The fourth-order valence-corrected chi connectivity index (χ4v) is 3.94. The smallest absolute Gasteiger partial charge is 0.405 e. The molecule has 0 aromatic carbocycles. The number of carboxylic acid groups (broad SMARTS) is 1. The summed E-state index contributed by atoms with van der Waals surface area (Å²) >= 11 is 0. The highest BCUT2D eigenvalue weighted by molar-refractivity contribution is 5.87. The van der Waals surface area contributed by atoms with Crippen LogP contribution in [0.3, 0.4) is 0 Å². The van der Waals surface area contributed by atoms with Gasteiger partial charge < -0.3 is 25.3 Å². The predicted octanol–water partition coefficient (Wildman–Crippen LogP) is 0.725. The van der Waals surface area contributed by atoms with Crippen LogP contribution in [0, 0.1) is 5.92 Å². The lowest BCUT2D eigenvalue weighted by Gasteiger charge is -2.44. The van der Waals surface area contributed by atoms with Gasteiger partial charge in [0, 0.05) is 37.2 Å². The molecule has 1 aliphatic carbocycles. The second-order valence-corrected chi connectivity index (χ2v) is 7.06. The number of carbonyl (C=O) groups excluding carboxylic acids is 1. The second-order valence-electron chi connectivity index (χ2n) is 7.06. The lowest BCUT2D eigenvalue weighted by atomic mass is 9.80. The van der Waals surface area contributed by atoms with Crippen molar-refractivity contribution in [3.05, 3.63) is 0 Å². The van der Waals surface area contributed by atoms with Gasteiger partial charge >= 0.3 is 6.09 Å². The van der Waals surface area contributed by atoms with Crippen LogP contribution in [0.4, 0.5) is 4.79 Å². The normalized spacial score (nSPS) is 31.9. The Kier molecular flexibility index (Phi) is 5.86. The van der Waals surface area contributed by atoms with Crippen molar-refractivity contribution in [1.29, 1.82) is 0 Å². The molecule has 7 heteroatoms. The van der Waals surface area contributed by atoms with Crippen LogP contribution >= 0.6 is 0 Å². The SMILES string of the molecule is CC(C)N(C)[C@@H]1CC[C@H](N2CC[C@H](NC(=O)O)C2=O)[C@H](CO)C1. The maximum atomic E-state index is 12.4. The van der Waals surface area contributed by atoms with Crippen LogP contribution in [0.25, 0.3) is 0 Å². The van der Waals surface area contributed by atoms with Gasteiger partial charge in [-0.05, 0) is 46.6 Å². The topological polar surface area (TPSA) is 93.1 Å². The zero-order valence-corrected chi connectivity index (χ0v) is 14.2. The van der Waals surface area contributed by atoms with Gasteiger partial charge in [-0.25, -0.2) is 4.79 Å². The second kappa shape index (κ2) is 7.49. The number of hydrogen-bond acceptors (Lipinski definition) is 4. The molecule has 0 aromatic heterocycles. The summed E-state index contributed by atoms with van der Waals surface area (Å²) in [4.78, 5) is 27.3. The van der Waals surface area contributed by atoms with E-state index in [2.05, 4.69) is 31.1 Å². The van der Waals surface area contributed by atoms with E-state index < -0.39 is 12.1 Å². The average molecular weight is 327 g/mol. The Balaban J connectivity index is 2.01. The minimum atomic E-state index is -1.16. The van der Waals surface area contributed by atoms with Gasteiger partial charge in [-0.2, -0.15) is 0 Å². The van der Waals surface area contributed by atoms with Crippen molar-refractivity contribution in [2.45, 2.75) is 63.7 Å². The quantitative estimate of drug-likeness (QED) is 0.692. The summed E-state index contributed by atoms with van der Waals surface area (Å²) in [7, 11) is 2.11. The lowest BCUT2D eigenvalue weighted by Crippen LogP contribution is -2.52. The van der Waals surface area contributed by atoms with Gasteiger partial charge in [0.25, 0.3) is 0 Å². The molecule has 1 aliphatic heterocycles. The number of amides is 2. The van der Waals surface area contributed by atoms with Gasteiger partial charge in [0.15, 0.2) is 0 Å². The molecule has 2 rings (SSSR count). The molecule has 0 radical (unpaired) electrons. The van der Waals surface area contributed by atoms with Crippen LogP contribution in [0.15, 0.2) is 0 Å². The third kappa shape index (κ3) is 3.95. The first-order valence-corrected chi connectivity index (χ1v) is 8.47. The molecule has 3 N–H and O–H groups in total. The van der Waals surface area contributed by atoms with E-state index in [9.17, 15) is 14.7 Å². The van der Waals surface area contributed by atoms with E-state index in [1.807, 2.05) is 0 Å². The van der Waals surface area contributed by atoms with E-state index in [-0.39, 0.29) is 24.5 Å². The Labute approximate surface area is 137 Å². The van der Waals surface area contributed by atoms with Crippen molar-refractivity contribution in [1.82, 2.24) is 15.1 Å².